The topological polar surface area (TPSA) is 86.2 Å². The van der Waals surface area contributed by atoms with Crippen LogP contribution < -0.4 is 20.9 Å². The molecule has 0 aliphatic rings. The van der Waals surface area contributed by atoms with Gasteiger partial charge in [0.05, 0.1) is 11.6 Å². The summed E-state index contributed by atoms with van der Waals surface area (Å²) in [6, 6.07) is 8.68. The molecule has 6 nitrogen and oxygen atoms in total. The molecular weight excluding hydrogens is 276 g/mol. The Morgan fingerprint density at radius 2 is 2.00 bits per heavy atom. The van der Waals surface area contributed by atoms with Crippen molar-refractivity contribution in [3.63, 3.8) is 0 Å². The highest BCUT2D eigenvalue weighted by Gasteiger charge is 2.04. The van der Waals surface area contributed by atoms with E-state index in [1.165, 1.54) is 0 Å². The lowest BCUT2D eigenvalue weighted by molar-refractivity contribution is -0.123. The molecule has 0 fully saturated rings. The lowest BCUT2D eigenvalue weighted by atomic mass is 10.2. The molecular formula is C13H16N4O2S. The van der Waals surface area contributed by atoms with E-state index >= 15 is 0 Å². The van der Waals surface area contributed by atoms with E-state index < -0.39 is 0 Å². The van der Waals surface area contributed by atoms with Crippen molar-refractivity contribution in [2.24, 2.45) is 0 Å². The number of nitrogens with zero attached hydrogens (tertiary/aromatic N) is 1. The second-order valence-corrected chi connectivity index (χ2v) is 4.63. The van der Waals surface area contributed by atoms with Crippen LogP contribution >= 0.6 is 12.2 Å². The van der Waals surface area contributed by atoms with Crippen molar-refractivity contribution in [2.75, 3.05) is 6.61 Å². The minimum absolute atomic E-state index is 0.150. The number of ether oxygens (including phenoxy) is 1. The first-order chi connectivity index (χ1) is 9.51. The van der Waals surface area contributed by atoms with Crippen molar-refractivity contribution in [2.45, 2.75) is 19.9 Å². The predicted octanol–water partition coefficient (Wildman–Crippen LogP) is 0.841. The molecule has 0 saturated heterocycles. The van der Waals surface area contributed by atoms with Crippen LogP contribution in [0, 0.1) is 11.3 Å². The van der Waals surface area contributed by atoms with Crippen LogP contribution in [0.3, 0.4) is 0 Å². The number of carbonyl (C=O) groups is 1. The zero-order valence-electron chi connectivity index (χ0n) is 11.3. The lowest BCUT2D eigenvalue weighted by Crippen LogP contribution is -2.49. The van der Waals surface area contributed by atoms with Gasteiger partial charge < -0.3 is 10.1 Å². The van der Waals surface area contributed by atoms with Crippen LogP contribution in [0.5, 0.6) is 5.75 Å². The van der Waals surface area contributed by atoms with Crippen LogP contribution in [0.1, 0.15) is 19.4 Å². The Bertz CT molecular complexity index is 508. The molecule has 1 rings (SSSR count). The highest BCUT2D eigenvalue weighted by molar-refractivity contribution is 7.80. The lowest BCUT2D eigenvalue weighted by Gasteiger charge is -2.14. The number of rotatable bonds is 4. The molecule has 0 spiro atoms. The normalized spacial score (nSPS) is 9.50. The summed E-state index contributed by atoms with van der Waals surface area (Å²) >= 11 is 4.95. The number of hydrogen-bond donors (Lipinski definition) is 3. The van der Waals surface area contributed by atoms with Crippen molar-refractivity contribution in [1.29, 1.82) is 5.26 Å². The molecule has 0 aromatic heterocycles. The van der Waals surface area contributed by atoms with Gasteiger partial charge in [0, 0.05) is 6.04 Å². The molecule has 106 valence electrons. The fraction of sp³-hybridized carbons (Fsp3) is 0.308. The van der Waals surface area contributed by atoms with Gasteiger partial charge in [0.1, 0.15) is 5.75 Å². The molecule has 1 aromatic carbocycles. The van der Waals surface area contributed by atoms with Crippen molar-refractivity contribution in [3.05, 3.63) is 29.8 Å². The molecule has 20 heavy (non-hydrogen) atoms. The maximum atomic E-state index is 11.5. The average Bonchev–Trinajstić information content (AvgIpc) is 2.42. The van der Waals surface area contributed by atoms with Crippen LogP contribution in [0.4, 0.5) is 0 Å². The second-order valence-electron chi connectivity index (χ2n) is 4.23. The predicted molar refractivity (Wildman–Crippen MR) is 78.8 cm³/mol. The number of hydrazine groups is 1. The summed E-state index contributed by atoms with van der Waals surface area (Å²) in [5.41, 5.74) is 5.51. The van der Waals surface area contributed by atoms with Crippen molar-refractivity contribution in [3.8, 4) is 11.8 Å². The van der Waals surface area contributed by atoms with Crippen LogP contribution in [0.15, 0.2) is 24.3 Å². The Morgan fingerprint density at radius 1 is 1.35 bits per heavy atom. The number of nitriles is 1. The van der Waals surface area contributed by atoms with Crippen molar-refractivity contribution >= 4 is 23.2 Å². The number of nitrogens with one attached hydrogen (secondary N) is 3. The minimum Gasteiger partial charge on any atom is -0.484 e. The Morgan fingerprint density at radius 3 is 2.55 bits per heavy atom. The van der Waals surface area contributed by atoms with E-state index in [-0.39, 0.29) is 18.6 Å². The van der Waals surface area contributed by atoms with E-state index in [2.05, 4.69) is 16.2 Å². The minimum atomic E-state index is -0.359. The quantitative estimate of drug-likeness (QED) is 0.563. The standard InChI is InChI=1S/C13H16N4O2S/c1-9(2)15-13(20)17-16-12(18)8-19-11-5-3-10(7-14)4-6-11/h3-6,9H,8H2,1-2H3,(H,16,18)(H2,15,17,20). The van der Waals surface area contributed by atoms with Crippen LogP contribution in [-0.2, 0) is 4.79 Å². The molecule has 0 bridgehead atoms. The third-order valence-electron chi connectivity index (χ3n) is 2.09. The molecule has 3 N–H and O–H groups in total. The zero-order chi connectivity index (χ0) is 15.0. The molecule has 0 saturated carbocycles. The molecule has 1 aromatic rings. The number of amides is 1. The zero-order valence-corrected chi connectivity index (χ0v) is 12.1. The number of carbonyl (C=O) groups excluding carboxylic acids is 1. The van der Waals surface area contributed by atoms with Crippen LogP contribution in [-0.4, -0.2) is 23.7 Å². The molecule has 7 heteroatoms. The van der Waals surface area contributed by atoms with E-state index in [1.54, 1.807) is 24.3 Å². The molecule has 0 unspecified atom stereocenters. The van der Waals surface area contributed by atoms with Crippen LogP contribution in [0.25, 0.3) is 0 Å². The number of thiocarbonyl (C=S) groups is 1. The van der Waals surface area contributed by atoms with Gasteiger partial charge in [-0.2, -0.15) is 5.26 Å². The molecule has 0 aliphatic carbocycles. The van der Waals surface area contributed by atoms with Gasteiger partial charge in [0.15, 0.2) is 11.7 Å². The van der Waals surface area contributed by atoms with E-state index in [4.69, 9.17) is 22.2 Å². The highest BCUT2D eigenvalue weighted by Crippen LogP contribution is 2.10. The van der Waals surface area contributed by atoms with E-state index in [0.29, 0.717) is 16.4 Å². The summed E-state index contributed by atoms with van der Waals surface area (Å²) in [5.74, 6) is 0.157. The first kappa shape index (κ1) is 15.7. The van der Waals surface area contributed by atoms with Gasteiger partial charge in [0.2, 0.25) is 0 Å². The van der Waals surface area contributed by atoms with Gasteiger partial charge in [0.25, 0.3) is 5.91 Å². The Kier molecular flexibility index (Phi) is 6.26. The molecule has 0 heterocycles. The first-order valence-electron chi connectivity index (χ1n) is 5.99. The SMILES string of the molecule is CC(C)NC(=S)NNC(=O)COc1ccc(C#N)cc1. The van der Waals surface area contributed by atoms with Gasteiger partial charge in [-0.25, -0.2) is 0 Å². The van der Waals surface area contributed by atoms with Gasteiger partial charge in [-0.1, -0.05) is 0 Å². The highest BCUT2D eigenvalue weighted by atomic mass is 32.1. The fourth-order valence-corrected chi connectivity index (χ4v) is 1.52. The molecule has 1 amide bonds. The largest absolute Gasteiger partial charge is 0.484 e. The number of benzene rings is 1. The Balaban J connectivity index is 2.29. The summed E-state index contributed by atoms with van der Waals surface area (Å²) in [4.78, 5) is 11.5. The maximum Gasteiger partial charge on any atom is 0.276 e. The van der Waals surface area contributed by atoms with Gasteiger partial charge in [-0.15, -0.1) is 0 Å². The summed E-state index contributed by atoms with van der Waals surface area (Å²) in [6.45, 7) is 3.72. The molecule has 0 radical (unpaired) electrons. The van der Waals surface area contributed by atoms with Crippen molar-refractivity contribution < 1.29 is 9.53 Å². The smallest absolute Gasteiger partial charge is 0.276 e. The summed E-state index contributed by atoms with van der Waals surface area (Å²) < 4.78 is 5.26. The van der Waals surface area contributed by atoms with E-state index in [9.17, 15) is 4.79 Å². The number of hydrogen-bond acceptors (Lipinski definition) is 4. The Hall–Kier alpha value is -2.33. The first-order valence-corrected chi connectivity index (χ1v) is 6.40. The maximum absolute atomic E-state index is 11.5. The third kappa shape index (κ3) is 6.02. The summed E-state index contributed by atoms with van der Waals surface area (Å²) in [5, 5.41) is 11.9. The van der Waals surface area contributed by atoms with E-state index in [0.717, 1.165) is 0 Å². The average molecular weight is 292 g/mol. The van der Waals surface area contributed by atoms with E-state index in [1.807, 2.05) is 19.9 Å². The second kappa shape index (κ2) is 7.96. The monoisotopic (exact) mass is 292 g/mol. The molecule has 0 atom stereocenters. The van der Waals surface area contributed by atoms with Gasteiger partial charge in [-0.3, -0.25) is 15.6 Å². The molecule has 0 aliphatic heterocycles. The Labute approximate surface area is 123 Å². The van der Waals surface area contributed by atoms with Gasteiger partial charge >= 0.3 is 0 Å². The third-order valence-corrected chi connectivity index (χ3v) is 2.31. The fourth-order valence-electron chi connectivity index (χ4n) is 1.24. The van der Waals surface area contributed by atoms with Gasteiger partial charge in [-0.05, 0) is 50.3 Å². The summed E-state index contributed by atoms with van der Waals surface area (Å²) in [6.07, 6.45) is 0. The summed E-state index contributed by atoms with van der Waals surface area (Å²) in [7, 11) is 0. The van der Waals surface area contributed by atoms with Crippen LogP contribution in [0.2, 0.25) is 0 Å². The van der Waals surface area contributed by atoms with Crippen molar-refractivity contribution in [1.82, 2.24) is 16.2 Å².